The predicted molar refractivity (Wildman–Crippen MR) is 108 cm³/mol. The Balaban J connectivity index is 1.92. The predicted octanol–water partition coefficient (Wildman–Crippen LogP) is 2.16. The Labute approximate surface area is 178 Å². The van der Waals surface area contributed by atoms with Crippen molar-refractivity contribution in [3.63, 3.8) is 0 Å². The quantitative estimate of drug-likeness (QED) is 0.708. The maximum atomic E-state index is 14.3. The van der Waals surface area contributed by atoms with E-state index in [0.717, 1.165) is 28.8 Å². The Hall–Kier alpha value is -2.05. The van der Waals surface area contributed by atoms with Crippen molar-refractivity contribution < 1.29 is 30.8 Å². The van der Waals surface area contributed by atoms with E-state index in [-0.39, 0.29) is 47.5 Å². The monoisotopic (exact) mass is 476 g/mol. The third kappa shape index (κ3) is 4.81. The van der Waals surface area contributed by atoms with Gasteiger partial charge in [0.2, 0.25) is 10.0 Å². The van der Waals surface area contributed by atoms with E-state index < -0.39 is 36.5 Å². The molecule has 1 N–H and O–H groups in total. The smallest absolute Gasteiger partial charge is 0.255 e. The number of hydrogen-bond donors (Lipinski definition) is 1. The molecule has 12 heteroatoms. The zero-order valence-corrected chi connectivity index (χ0v) is 18.2. The summed E-state index contributed by atoms with van der Waals surface area (Å²) in [5.41, 5.74) is -0.115. The Morgan fingerprint density at radius 1 is 1.10 bits per heavy atom. The minimum Gasteiger partial charge on any atom is -0.379 e. The van der Waals surface area contributed by atoms with E-state index in [2.05, 4.69) is 5.32 Å². The van der Waals surface area contributed by atoms with Gasteiger partial charge < -0.3 is 10.1 Å². The SMILES string of the molecule is CS(=O)(=O)c1ccc(Cl)c(NC(=O)c2ccc(F)c(S(=O)(=O)N3CCOCC3)c2)c1. The summed E-state index contributed by atoms with van der Waals surface area (Å²) in [5, 5.41) is 2.51. The second kappa shape index (κ2) is 8.60. The highest BCUT2D eigenvalue weighted by Crippen LogP contribution is 2.27. The molecule has 30 heavy (non-hydrogen) atoms. The van der Waals surface area contributed by atoms with E-state index in [1.807, 2.05) is 0 Å². The third-order valence-corrected chi connectivity index (χ3v) is 7.75. The lowest BCUT2D eigenvalue weighted by Crippen LogP contribution is -2.41. The molecule has 162 valence electrons. The maximum Gasteiger partial charge on any atom is 0.255 e. The van der Waals surface area contributed by atoms with Crippen LogP contribution in [0, 0.1) is 5.82 Å². The van der Waals surface area contributed by atoms with Gasteiger partial charge in [-0.1, -0.05) is 11.6 Å². The number of ether oxygens (including phenoxy) is 1. The molecule has 0 atom stereocenters. The fourth-order valence-electron chi connectivity index (χ4n) is 2.79. The summed E-state index contributed by atoms with van der Waals surface area (Å²) in [7, 11) is -7.70. The van der Waals surface area contributed by atoms with E-state index in [9.17, 15) is 26.0 Å². The molecule has 1 heterocycles. The number of carbonyl (C=O) groups is 1. The number of rotatable bonds is 5. The number of anilines is 1. The molecule has 3 rings (SSSR count). The second-order valence-electron chi connectivity index (χ2n) is 6.53. The van der Waals surface area contributed by atoms with Crippen molar-refractivity contribution >= 4 is 43.1 Å². The van der Waals surface area contributed by atoms with Gasteiger partial charge >= 0.3 is 0 Å². The fraction of sp³-hybridized carbons (Fsp3) is 0.278. The van der Waals surface area contributed by atoms with Crippen molar-refractivity contribution in [2.45, 2.75) is 9.79 Å². The van der Waals surface area contributed by atoms with Gasteiger partial charge in [0.05, 0.1) is 28.8 Å². The molecule has 1 aliphatic rings. The Bertz CT molecular complexity index is 1200. The van der Waals surface area contributed by atoms with Crippen LogP contribution < -0.4 is 5.32 Å². The number of nitrogens with one attached hydrogen (secondary N) is 1. The summed E-state index contributed by atoms with van der Waals surface area (Å²) in [5.74, 6) is -1.77. The fourth-order valence-corrected chi connectivity index (χ4v) is 5.10. The van der Waals surface area contributed by atoms with Gasteiger partial charge in [-0.25, -0.2) is 21.2 Å². The van der Waals surface area contributed by atoms with Crippen LogP contribution in [-0.2, 0) is 24.6 Å². The molecular weight excluding hydrogens is 459 g/mol. The number of amides is 1. The molecular formula is C18H18ClFN2O6S2. The highest BCUT2D eigenvalue weighted by atomic mass is 35.5. The number of halogens is 2. The van der Waals surface area contributed by atoms with Gasteiger partial charge in [-0.05, 0) is 36.4 Å². The zero-order valence-electron chi connectivity index (χ0n) is 15.8. The Morgan fingerprint density at radius 3 is 2.40 bits per heavy atom. The maximum absolute atomic E-state index is 14.3. The second-order valence-corrected chi connectivity index (χ2v) is 10.9. The van der Waals surface area contributed by atoms with Crippen molar-refractivity contribution in [1.82, 2.24) is 4.31 Å². The number of sulfonamides is 1. The number of sulfone groups is 1. The van der Waals surface area contributed by atoms with Crippen LogP contribution in [0.1, 0.15) is 10.4 Å². The molecule has 0 saturated carbocycles. The van der Waals surface area contributed by atoms with Crippen LogP contribution in [-0.4, -0.2) is 59.6 Å². The van der Waals surface area contributed by atoms with Crippen LogP contribution in [0.2, 0.25) is 5.02 Å². The van der Waals surface area contributed by atoms with Crippen molar-refractivity contribution in [3.8, 4) is 0 Å². The number of carbonyl (C=O) groups excluding carboxylic acids is 1. The van der Waals surface area contributed by atoms with Gasteiger partial charge in [0, 0.05) is 24.9 Å². The normalized spacial score (nSPS) is 15.7. The minimum absolute atomic E-state index is 0.0199. The highest BCUT2D eigenvalue weighted by Gasteiger charge is 2.30. The molecule has 0 spiro atoms. The first-order chi connectivity index (χ1) is 14.0. The zero-order chi connectivity index (χ0) is 22.1. The van der Waals surface area contributed by atoms with Gasteiger partial charge in [0.25, 0.3) is 5.91 Å². The first-order valence-electron chi connectivity index (χ1n) is 8.68. The lowest BCUT2D eigenvalue weighted by atomic mass is 10.2. The molecule has 1 saturated heterocycles. The van der Waals surface area contributed by atoms with Crippen molar-refractivity contribution in [2.24, 2.45) is 0 Å². The summed E-state index contributed by atoms with van der Waals surface area (Å²) in [6.07, 6.45) is 1.00. The van der Waals surface area contributed by atoms with Crippen molar-refractivity contribution in [2.75, 3.05) is 37.9 Å². The highest BCUT2D eigenvalue weighted by molar-refractivity contribution is 7.90. The molecule has 0 bridgehead atoms. The first-order valence-corrected chi connectivity index (χ1v) is 12.4. The lowest BCUT2D eigenvalue weighted by molar-refractivity contribution is 0.0729. The topological polar surface area (TPSA) is 110 Å². The minimum atomic E-state index is -4.16. The molecule has 0 radical (unpaired) electrons. The van der Waals surface area contributed by atoms with E-state index in [4.69, 9.17) is 16.3 Å². The van der Waals surface area contributed by atoms with E-state index in [1.165, 1.54) is 18.2 Å². The van der Waals surface area contributed by atoms with Crippen LogP contribution >= 0.6 is 11.6 Å². The summed E-state index contributed by atoms with van der Waals surface area (Å²) < 4.78 is 69.5. The number of nitrogens with zero attached hydrogens (tertiary/aromatic N) is 1. The average molecular weight is 477 g/mol. The van der Waals surface area contributed by atoms with Crippen LogP contribution in [0.15, 0.2) is 46.2 Å². The van der Waals surface area contributed by atoms with Gasteiger partial charge in [-0.15, -0.1) is 0 Å². The Morgan fingerprint density at radius 2 is 1.77 bits per heavy atom. The number of benzene rings is 2. The largest absolute Gasteiger partial charge is 0.379 e. The molecule has 2 aromatic rings. The summed E-state index contributed by atoms with van der Waals surface area (Å²) in [6.45, 7) is 0.532. The van der Waals surface area contributed by atoms with Crippen molar-refractivity contribution in [3.05, 3.63) is 52.8 Å². The lowest BCUT2D eigenvalue weighted by Gasteiger charge is -2.26. The van der Waals surface area contributed by atoms with Gasteiger partial charge in [0.1, 0.15) is 10.7 Å². The molecule has 0 aromatic heterocycles. The molecule has 0 aliphatic carbocycles. The van der Waals surface area contributed by atoms with Crippen LogP contribution in [0.4, 0.5) is 10.1 Å². The Kier molecular flexibility index (Phi) is 6.48. The molecule has 1 fully saturated rings. The van der Waals surface area contributed by atoms with E-state index in [0.29, 0.717) is 0 Å². The third-order valence-electron chi connectivity index (χ3n) is 4.40. The number of morpholine rings is 1. The summed E-state index contributed by atoms with van der Waals surface area (Å²) in [6, 6.07) is 6.73. The summed E-state index contributed by atoms with van der Waals surface area (Å²) in [4.78, 5) is 11.9. The molecule has 8 nitrogen and oxygen atoms in total. The first kappa shape index (κ1) is 22.6. The molecule has 1 amide bonds. The average Bonchev–Trinajstić information content (AvgIpc) is 2.69. The molecule has 0 unspecified atom stereocenters. The van der Waals surface area contributed by atoms with Gasteiger partial charge in [-0.3, -0.25) is 4.79 Å². The standard InChI is InChI=1S/C18H18ClFN2O6S2/c1-29(24,25)13-3-4-14(19)16(11-13)21-18(23)12-2-5-15(20)17(10-12)30(26,27)22-6-8-28-9-7-22/h2-5,10-11H,6-9H2,1H3,(H,21,23). The van der Waals surface area contributed by atoms with Gasteiger partial charge in [-0.2, -0.15) is 4.31 Å². The van der Waals surface area contributed by atoms with Crippen molar-refractivity contribution in [1.29, 1.82) is 0 Å². The van der Waals surface area contributed by atoms with Crippen LogP contribution in [0.5, 0.6) is 0 Å². The van der Waals surface area contributed by atoms with Crippen LogP contribution in [0.3, 0.4) is 0 Å². The van der Waals surface area contributed by atoms with Gasteiger partial charge in [0.15, 0.2) is 9.84 Å². The van der Waals surface area contributed by atoms with E-state index in [1.54, 1.807) is 0 Å². The number of hydrogen-bond acceptors (Lipinski definition) is 6. The molecule has 1 aliphatic heterocycles. The van der Waals surface area contributed by atoms with E-state index >= 15 is 0 Å². The molecule has 2 aromatic carbocycles. The van der Waals surface area contributed by atoms with Crippen LogP contribution in [0.25, 0.3) is 0 Å². The summed E-state index contributed by atoms with van der Waals surface area (Å²) >= 11 is 6.02.